The Hall–Kier alpha value is -0.150. The van der Waals surface area contributed by atoms with Crippen molar-refractivity contribution in [2.45, 2.75) is 0 Å². The highest BCUT2D eigenvalue weighted by molar-refractivity contribution is 14.1. The van der Waals surface area contributed by atoms with Gasteiger partial charge in [0.1, 0.15) is 0 Å². The van der Waals surface area contributed by atoms with Crippen LogP contribution in [0.4, 0.5) is 5.69 Å². The van der Waals surface area contributed by atoms with Gasteiger partial charge < -0.3 is 5.32 Å². The van der Waals surface area contributed by atoms with E-state index < -0.39 is 0 Å². The Morgan fingerprint density at radius 2 is 1.88 bits per heavy atom. The largest absolute Gasteiger partial charge is 0.322 e. The maximum Gasteiger partial charge on any atom is 0.256 e. The van der Waals surface area contributed by atoms with Crippen LogP contribution >= 0.6 is 56.5 Å². The minimum atomic E-state index is -0.0552. The van der Waals surface area contributed by atoms with Crippen LogP contribution in [-0.2, 0) is 0 Å². The van der Waals surface area contributed by atoms with Gasteiger partial charge in [-0.15, -0.1) is 11.3 Å². The summed E-state index contributed by atoms with van der Waals surface area (Å²) in [5.74, 6) is -0.0552. The minimum Gasteiger partial charge on any atom is -0.322 e. The number of anilines is 1. The summed E-state index contributed by atoms with van der Waals surface area (Å²) >= 11 is 6.01. The number of thiophene rings is 1. The smallest absolute Gasteiger partial charge is 0.256 e. The normalized spacial score (nSPS) is 10.1. The predicted octanol–water partition coefficient (Wildman–Crippen LogP) is 4.21. The van der Waals surface area contributed by atoms with Gasteiger partial charge in [0.05, 0.1) is 8.45 Å². The molecule has 0 bridgehead atoms. The van der Waals surface area contributed by atoms with Crippen LogP contribution in [0, 0.1) is 6.45 Å². The van der Waals surface area contributed by atoms with E-state index in [1.807, 2.05) is 35.7 Å². The number of benzene rings is 1. The second kappa shape index (κ2) is 5.46. The first-order valence-corrected chi connectivity index (χ1v) is 7.50. The first-order chi connectivity index (χ1) is 7.65. The van der Waals surface area contributed by atoms with Crippen molar-refractivity contribution in [1.29, 1.82) is 0 Å². The second-order valence-electron chi connectivity index (χ2n) is 3.10. The van der Waals surface area contributed by atoms with Crippen molar-refractivity contribution >= 4 is 68.1 Å². The van der Waals surface area contributed by atoms with E-state index in [0.717, 1.165) is 12.1 Å². The molecular weight excluding hydrogens is 448 g/mol. The first kappa shape index (κ1) is 12.3. The van der Waals surface area contributed by atoms with Crippen molar-refractivity contribution in [2.75, 3.05) is 5.32 Å². The van der Waals surface area contributed by atoms with E-state index in [9.17, 15) is 4.79 Å². The molecule has 5 heteroatoms. The van der Waals surface area contributed by atoms with Gasteiger partial charge >= 0.3 is 0 Å². The lowest BCUT2D eigenvalue weighted by atomic mass is 10.3. The highest BCUT2D eigenvalue weighted by Crippen LogP contribution is 2.18. The Morgan fingerprint density at radius 3 is 2.44 bits per heavy atom. The van der Waals surface area contributed by atoms with Crippen LogP contribution in [0.15, 0.2) is 35.7 Å². The molecule has 2 aromatic rings. The van der Waals surface area contributed by atoms with E-state index in [2.05, 4.69) is 50.5 Å². The highest BCUT2D eigenvalue weighted by Gasteiger charge is 2.07. The van der Waals surface area contributed by atoms with E-state index in [1.165, 1.54) is 0 Å². The zero-order valence-electron chi connectivity index (χ0n) is 8.04. The molecule has 1 aromatic carbocycles. The summed E-state index contributed by atoms with van der Waals surface area (Å²) in [6.45, 7) is 0. The number of carbonyl (C=O) groups excluding carboxylic acids is 1. The third-order valence-electron chi connectivity index (χ3n) is 1.93. The topological polar surface area (TPSA) is 29.1 Å². The minimum absolute atomic E-state index is 0.0552. The molecule has 0 unspecified atom stereocenters. The van der Waals surface area contributed by atoms with Crippen molar-refractivity contribution in [3.8, 4) is 0 Å². The lowest BCUT2D eigenvalue weighted by Gasteiger charge is -2.03. The van der Waals surface area contributed by atoms with Gasteiger partial charge in [-0.1, -0.05) is 0 Å². The van der Waals surface area contributed by atoms with Crippen molar-refractivity contribution in [2.24, 2.45) is 0 Å². The number of rotatable bonds is 2. The summed E-state index contributed by atoms with van der Waals surface area (Å²) in [4.78, 5) is 11.8. The van der Waals surface area contributed by atoms with Gasteiger partial charge in [0.2, 0.25) is 0 Å². The average Bonchev–Trinajstić information content (AvgIpc) is 2.68. The molecule has 0 radical (unpaired) electrons. The quantitative estimate of drug-likeness (QED) is 0.676. The monoisotopic (exact) mass is 455 g/mol. The maximum atomic E-state index is 11.8. The Kier molecular flexibility index (Phi) is 4.20. The van der Waals surface area contributed by atoms with Gasteiger partial charge in [-0.2, -0.15) is 0 Å². The summed E-state index contributed by atoms with van der Waals surface area (Å²) in [5.41, 5.74) is 1.54. The van der Waals surface area contributed by atoms with Gasteiger partial charge in [-0.05, 0) is 75.5 Å². The zero-order chi connectivity index (χ0) is 11.5. The van der Waals surface area contributed by atoms with Crippen LogP contribution < -0.4 is 5.32 Å². The van der Waals surface area contributed by atoms with Crippen LogP contribution in [0.5, 0.6) is 0 Å². The fourth-order valence-corrected chi connectivity index (χ4v) is 2.85. The number of hydrogen-bond acceptors (Lipinski definition) is 2. The molecule has 0 aliphatic heterocycles. The third-order valence-corrected chi connectivity index (χ3v) is 4.44. The molecule has 0 fully saturated rings. The zero-order valence-corrected chi connectivity index (χ0v) is 13.2. The van der Waals surface area contributed by atoms with E-state index in [-0.39, 0.29) is 5.91 Å². The number of halogens is 2. The molecule has 0 atom stereocenters. The molecule has 1 heterocycles. The lowest BCUT2D eigenvalue weighted by Crippen LogP contribution is -2.10. The third kappa shape index (κ3) is 3.17. The van der Waals surface area contributed by atoms with Gasteiger partial charge in [-0.25, -0.2) is 0 Å². The van der Waals surface area contributed by atoms with Crippen molar-refractivity contribution in [3.05, 3.63) is 47.7 Å². The molecule has 0 saturated carbocycles. The predicted molar refractivity (Wildman–Crippen MR) is 84.1 cm³/mol. The Labute approximate surface area is 125 Å². The Morgan fingerprint density at radius 1 is 1.19 bits per heavy atom. The molecular formula is C11H7I2NOS. The Balaban J connectivity index is 2.10. The molecule has 16 heavy (non-hydrogen) atoms. The summed E-state index contributed by atoms with van der Waals surface area (Å²) in [7, 11) is 0. The number of amides is 1. The molecule has 1 amide bonds. The summed E-state index contributed by atoms with van der Waals surface area (Å²) in [6, 6.07) is 9.61. The van der Waals surface area contributed by atoms with Crippen LogP contribution in [0.3, 0.4) is 0 Å². The van der Waals surface area contributed by atoms with Crippen molar-refractivity contribution < 1.29 is 4.79 Å². The average molecular weight is 455 g/mol. The van der Waals surface area contributed by atoms with E-state index in [4.69, 9.17) is 0 Å². The van der Waals surface area contributed by atoms with Gasteiger partial charge in [0.25, 0.3) is 5.91 Å². The molecule has 0 aliphatic rings. The number of carbonyl (C=O) groups is 1. The second-order valence-corrected chi connectivity index (χ2v) is 7.15. The molecule has 0 spiro atoms. The summed E-state index contributed by atoms with van der Waals surface area (Å²) < 4.78 is 2.27. The van der Waals surface area contributed by atoms with Crippen LogP contribution in [0.25, 0.3) is 0 Å². The maximum absolute atomic E-state index is 11.8. The standard InChI is InChI=1S/C11H7I2NOS/c12-8-1-3-9(4-2-8)14-11(15)7-5-10(13)16-6-7/h1-6H,(H,14,15). The molecule has 82 valence electrons. The molecule has 1 aromatic heterocycles. The van der Waals surface area contributed by atoms with Crippen LogP contribution in [0.1, 0.15) is 10.4 Å². The summed E-state index contributed by atoms with van der Waals surface area (Å²) in [6.07, 6.45) is 0. The SMILES string of the molecule is O=C(Nc1ccc(I)cc1)c1csc(I)c1. The number of hydrogen-bond donors (Lipinski definition) is 1. The van der Waals surface area contributed by atoms with Gasteiger partial charge in [0.15, 0.2) is 0 Å². The lowest BCUT2D eigenvalue weighted by molar-refractivity contribution is 0.102. The summed E-state index contributed by atoms with van der Waals surface area (Å²) in [5, 5.41) is 4.72. The Bertz CT molecular complexity index is 507. The number of nitrogens with one attached hydrogen (secondary N) is 1. The first-order valence-electron chi connectivity index (χ1n) is 4.46. The molecule has 0 saturated heterocycles. The fourth-order valence-electron chi connectivity index (χ4n) is 1.17. The van der Waals surface area contributed by atoms with E-state index in [1.54, 1.807) is 11.3 Å². The molecule has 0 aliphatic carbocycles. The van der Waals surface area contributed by atoms with Crippen molar-refractivity contribution in [1.82, 2.24) is 0 Å². The molecule has 1 N–H and O–H groups in total. The molecule has 2 rings (SSSR count). The van der Waals surface area contributed by atoms with Gasteiger partial charge in [0, 0.05) is 14.6 Å². The van der Waals surface area contributed by atoms with E-state index in [0.29, 0.717) is 5.56 Å². The van der Waals surface area contributed by atoms with Crippen LogP contribution in [0.2, 0.25) is 0 Å². The van der Waals surface area contributed by atoms with Crippen LogP contribution in [-0.4, -0.2) is 5.91 Å². The van der Waals surface area contributed by atoms with Crippen molar-refractivity contribution in [3.63, 3.8) is 0 Å². The highest BCUT2D eigenvalue weighted by atomic mass is 127. The van der Waals surface area contributed by atoms with E-state index >= 15 is 0 Å². The fraction of sp³-hybridized carbons (Fsp3) is 0. The van der Waals surface area contributed by atoms with Gasteiger partial charge in [-0.3, -0.25) is 4.79 Å². The molecule has 2 nitrogen and oxygen atoms in total.